The molecule has 1 aliphatic rings. The molecule has 0 saturated carbocycles. The normalized spacial score (nSPS) is 18.0. The molecule has 0 bridgehead atoms. The highest BCUT2D eigenvalue weighted by Gasteiger charge is 2.24. The van der Waals surface area contributed by atoms with E-state index >= 15 is 0 Å². The second-order valence-electron chi connectivity index (χ2n) is 5.26. The highest BCUT2D eigenvalue weighted by molar-refractivity contribution is 5.88. The van der Waals surface area contributed by atoms with Crippen LogP contribution in [-0.2, 0) is 11.3 Å². The zero-order chi connectivity index (χ0) is 14.7. The Morgan fingerprint density at radius 3 is 3.00 bits per heavy atom. The number of hydrogen-bond donors (Lipinski definition) is 3. The van der Waals surface area contributed by atoms with Crippen LogP contribution in [0, 0.1) is 0 Å². The minimum Gasteiger partial charge on any atom is -0.381 e. The van der Waals surface area contributed by atoms with Crippen LogP contribution in [-0.4, -0.2) is 34.3 Å². The fraction of sp³-hybridized carbons (Fsp3) is 0.333. The Hall–Kier alpha value is -2.50. The molecule has 6 nitrogen and oxygen atoms in total. The van der Waals surface area contributed by atoms with Crippen molar-refractivity contribution in [1.29, 1.82) is 0 Å². The van der Waals surface area contributed by atoms with Gasteiger partial charge in [0.2, 0.25) is 5.91 Å². The van der Waals surface area contributed by atoms with Crippen LogP contribution in [0.4, 0.5) is 11.4 Å². The lowest BCUT2D eigenvalue weighted by Gasteiger charge is -2.28. The quantitative estimate of drug-likeness (QED) is 0.792. The molecule has 0 fully saturated rings. The van der Waals surface area contributed by atoms with Crippen molar-refractivity contribution in [3.8, 4) is 0 Å². The molecule has 0 radical (unpaired) electrons. The molecule has 6 heteroatoms. The zero-order valence-corrected chi connectivity index (χ0v) is 11.9. The third-order valence-corrected chi connectivity index (χ3v) is 3.48. The summed E-state index contributed by atoms with van der Waals surface area (Å²) in [7, 11) is 0. The number of fused-ring (bicyclic) bond motifs is 1. The minimum absolute atomic E-state index is 0.00309. The molecule has 1 aromatic carbocycles. The molecule has 0 spiro atoms. The van der Waals surface area contributed by atoms with E-state index < -0.39 is 0 Å². The molecule has 3 rings (SSSR count). The summed E-state index contributed by atoms with van der Waals surface area (Å²) in [5.41, 5.74) is 2.00. The van der Waals surface area contributed by atoms with Crippen LogP contribution in [0.5, 0.6) is 0 Å². The predicted molar refractivity (Wildman–Crippen MR) is 82.2 cm³/mol. The van der Waals surface area contributed by atoms with E-state index in [4.69, 9.17) is 0 Å². The molecule has 0 saturated heterocycles. The largest absolute Gasteiger partial charge is 0.381 e. The number of hydrogen-bond acceptors (Lipinski definition) is 4. The molecule has 1 aliphatic heterocycles. The van der Waals surface area contributed by atoms with E-state index in [1.165, 1.54) is 0 Å². The number of rotatable bonds is 4. The van der Waals surface area contributed by atoms with Gasteiger partial charge in [-0.15, -0.1) is 0 Å². The van der Waals surface area contributed by atoms with Crippen LogP contribution in [0.25, 0.3) is 0 Å². The topological polar surface area (TPSA) is 71.0 Å². The molecule has 2 atom stereocenters. The van der Waals surface area contributed by atoms with Crippen LogP contribution < -0.4 is 16.0 Å². The Kier molecular flexibility index (Phi) is 3.77. The number of amides is 1. The fourth-order valence-electron chi connectivity index (χ4n) is 2.45. The summed E-state index contributed by atoms with van der Waals surface area (Å²) >= 11 is 0. The molecule has 2 aromatic rings. The van der Waals surface area contributed by atoms with E-state index in [1.807, 2.05) is 48.1 Å². The molecule has 0 aliphatic carbocycles. The van der Waals surface area contributed by atoms with Crippen LogP contribution in [0.1, 0.15) is 6.92 Å². The standard InChI is InChI=1S/C15H19N5O/c1-11(10-20-8-4-7-17-20)18-15(21)14-9-16-12-5-2-3-6-13(12)19-14/h2-8,11,14,16,19H,9-10H2,1H3,(H,18,21). The first kappa shape index (κ1) is 13.5. The second-order valence-corrected chi connectivity index (χ2v) is 5.26. The molecule has 3 N–H and O–H groups in total. The lowest BCUT2D eigenvalue weighted by Crippen LogP contribution is -2.49. The van der Waals surface area contributed by atoms with Crippen molar-refractivity contribution in [2.24, 2.45) is 0 Å². The maximum absolute atomic E-state index is 12.3. The lowest BCUT2D eigenvalue weighted by molar-refractivity contribution is -0.122. The number of aromatic nitrogens is 2. The van der Waals surface area contributed by atoms with Crippen molar-refractivity contribution < 1.29 is 4.79 Å². The Balaban J connectivity index is 1.56. The van der Waals surface area contributed by atoms with Gasteiger partial charge in [0.1, 0.15) is 6.04 Å². The summed E-state index contributed by atoms with van der Waals surface area (Å²) in [6.07, 6.45) is 3.62. The van der Waals surface area contributed by atoms with Gasteiger partial charge < -0.3 is 16.0 Å². The number of nitrogens with zero attached hydrogens (tertiary/aromatic N) is 2. The van der Waals surface area contributed by atoms with Crippen LogP contribution in [0.3, 0.4) is 0 Å². The number of nitrogens with one attached hydrogen (secondary N) is 3. The van der Waals surface area contributed by atoms with Gasteiger partial charge in [-0.05, 0) is 25.1 Å². The van der Waals surface area contributed by atoms with Gasteiger partial charge in [-0.1, -0.05) is 12.1 Å². The Bertz CT molecular complexity index is 610. The first-order chi connectivity index (χ1) is 10.2. The SMILES string of the molecule is CC(Cn1cccn1)NC(=O)C1CNc2ccccc2N1. The highest BCUT2D eigenvalue weighted by Crippen LogP contribution is 2.25. The number of carbonyl (C=O) groups is 1. The van der Waals surface area contributed by atoms with Crippen molar-refractivity contribution in [3.63, 3.8) is 0 Å². The summed E-state index contributed by atoms with van der Waals surface area (Å²) in [6.45, 7) is 3.22. The fourth-order valence-corrected chi connectivity index (χ4v) is 2.45. The Morgan fingerprint density at radius 2 is 2.24 bits per heavy atom. The maximum atomic E-state index is 12.3. The van der Waals surface area contributed by atoms with E-state index in [2.05, 4.69) is 21.0 Å². The lowest BCUT2D eigenvalue weighted by atomic mass is 10.1. The van der Waals surface area contributed by atoms with E-state index in [0.29, 0.717) is 13.1 Å². The van der Waals surface area contributed by atoms with Gasteiger partial charge in [-0.2, -0.15) is 5.10 Å². The number of benzene rings is 1. The van der Waals surface area contributed by atoms with Gasteiger partial charge >= 0.3 is 0 Å². The zero-order valence-electron chi connectivity index (χ0n) is 11.9. The summed E-state index contributed by atoms with van der Waals surface area (Å²) in [4.78, 5) is 12.3. The van der Waals surface area contributed by atoms with Crippen LogP contribution in [0.15, 0.2) is 42.7 Å². The summed E-state index contributed by atoms with van der Waals surface area (Å²) < 4.78 is 1.81. The van der Waals surface area contributed by atoms with Crippen molar-refractivity contribution in [3.05, 3.63) is 42.7 Å². The highest BCUT2D eigenvalue weighted by atomic mass is 16.2. The maximum Gasteiger partial charge on any atom is 0.244 e. The van der Waals surface area contributed by atoms with E-state index in [0.717, 1.165) is 11.4 Å². The number of carbonyl (C=O) groups excluding carboxylic acids is 1. The number of para-hydroxylation sites is 2. The third kappa shape index (κ3) is 3.16. The first-order valence-corrected chi connectivity index (χ1v) is 7.09. The molecule has 1 aromatic heterocycles. The second kappa shape index (κ2) is 5.87. The number of anilines is 2. The summed E-state index contributed by atoms with van der Waals surface area (Å²) in [5, 5.41) is 13.7. The predicted octanol–water partition coefficient (Wildman–Crippen LogP) is 1.29. The molecule has 1 amide bonds. The first-order valence-electron chi connectivity index (χ1n) is 7.09. The summed E-state index contributed by atoms with van der Waals surface area (Å²) in [6, 6.07) is 9.52. The summed E-state index contributed by atoms with van der Waals surface area (Å²) in [5.74, 6) is -0.00309. The average molecular weight is 285 g/mol. The Morgan fingerprint density at radius 1 is 1.43 bits per heavy atom. The van der Waals surface area contributed by atoms with Crippen molar-refractivity contribution in [2.75, 3.05) is 17.2 Å². The van der Waals surface area contributed by atoms with E-state index in [1.54, 1.807) is 6.20 Å². The van der Waals surface area contributed by atoms with Gasteiger partial charge in [0, 0.05) is 25.0 Å². The molecule has 110 valence electrons. The minimum atomic E-state index is -0.264. The van der Waals surface area contributed by atoms with Crippen LogP contribution in [0.2, 0.25) is 0 Å². The van der Waals surface area contributed by atoms with E-state index in [-0.39, 0.29) is 18.0 Å². The monoisotopic (exact) mass is 285 g/mol. The molecule has 2 heterocycles. The van der Waals surface area contributed by atoms with Gasteiger partial charge in [0.25, 0.3) is 0 Å². The van der Waals surface area contributed by atoms with Gasteiger partial charge in [0.15, 0.2) is 0 Å². The van der Waals surface area contributed by atoms with Gasteiger partial charge in [0.05, 0.1) is 17.9 Å². The molecule has 21 heavy (non-hydrogen) atoms. The third-order valence-electron chi connectivity index (χ3n) is 3.48. The average Bonchev–Trinajstić information content (AvgIpc) is 2.99. The van der Waals surface area contributed by atoms with E-state index in [9.17, 15) is 4.79 Å². The van der Waals surface area contributed by atoms with Gasteiger partial charge in [-0.3, -0.25) is 9.48 Å². The van der Waals surface area contributed by atoms with Crippen molar-refractivity contribution >= 4 is 17.3 Å². The van der Waals surface area contributed by atoms with Crippen molar-refractivity contribution in [2.45, 2.75) is 25.6 Å². The molecule has 2 unspecified atom stereocenters. The molecular weight excluding hydrogens is 266 g/mol. The molecular formula is C15H19N5O. The van der Waals surface area contributed by atoms with Crippen molar-refractivity contribution in [1.82, 2.24) is 15.1 Å². The Labute approximate surface area is 123 Å². The van der Waals surface area contributed by atoms with Gasteiger partial charge in [-0.25, -0.2) is 0 Å². The van der Waals surface area contributed by atoms with Crippen LogP contribution >= 0.6 is 0 Å². The smallest absolute Gasteiger partial charge is 0.244 e.